The molecular formula is C15H27N3OS. The number of thiocarbonyl (C=S) groups is 1. The van der Waals surface area contributed by atoms with E-state index in [1.807, 2.05) is 0 Å². The van der Waals surface area contributed by atoms with Crippen molar-refractivity contribution >= 4 is 23.1 Å². The van der Waals surface area contributed by atoms with Gasteiger partial charge in [-0.1, -0.05) is 32.0 Å². The number of nitrogens with one attached hydrogen (secondary N) is 1. The minimum atomic E-state index is -0.560. The molecule has 0 radical (unpaired) electrons. The second-order valence-electron chi connectivity index (χ2n) is 6.24. The lowest BCUT2D eigenvalue weighted by molar-refractivity contribution is -0.128. The molecule has 2 rings (SSSR count). The first-order valence-corrected chi connectivity index (χ1v) is 8.32. The number of hydrogen-bond acceptors (Lipinski definition) is 3. The Morgan fingerprint density at radius 1 is 1.35 bits per heavy atom. The Hall–Kier alpha value is -0.680. The fourth-order valence-electron chi connectivity index (χ4n) is 3.50. The van der Waals surface area contributed by atoms with Gasteiger partial charge in [0.1, 0.15) is 0 Å². The van der Waals surface area contributed by atoms with Crippen LogP contribution in [0.2, 0.25) is 0 Å². The van der Waals surface area contributed by atoms with Gasteiger partial charge >= 0.3 is 0 Å². The number of piperidine rings is 1. The molecule has 0 aromatic heterocycles. The van der Waals surface area contributed by atoms with Crippen molar-refractivity contribution in [3.05, 3.63) is 0 Å². The summed E-state index contributed by atoms with van der Waals surface area (Å²) in [6.07, 6.45) is 7.03. The fraction of sp³-hybridized carbons (Fsp3) is 0.867. The van der Waals surface area contributed by atoms with Crippen LogP contribution in [0.25, 0.3) is 0 Å². The third kappa shape index (κ3) is 3.31. The molecule has 0 unspecified atom stereocenters. The highest BCUT2D eigenvalue weighted by atomic mass is 32.1. The van der Waals surface area contributed by atoms with E-state index in [9.17, 15) is 4.79 Å². The first kappa shape index (κ1) is 15.7. The maximum Gasteiger partial charge on any atom is 0.233 e. The lowest BCUT2D eigenvalue weighted by atomic mass is 9.84. The SMILES string of the molecule is CCCN1CCC(NC(=O)C2(C(N)=S)CCCC2)CC1. The maximum absolute atomic E-state index is 12.6. The smallest absolute Gasteiger partial charge is 0.233 e. The molecule has 1 amide bonds. The number of likely N-dealkylation sites (tertiary alicyclic amines) is 1. The van der Waals surface area contributed by atoms with Gasteiger partial charge in [0.15, 0.2) is 0 Å². The first-order chi connectivity index (χ1) is 9.58. The van der Waals surface area contributed by atoms with Gasteiger partial charge in [0.2, 0.25) is 5.91 Å². The van der Waals surface area contributed by atoms with Crippen LogP contribution in [0.5, 0.6) is 0 Å². The molecule has 1 aliphatic heterocycles. The Morgan fingerprint density at radius 2 is 1.95 bits per heavy atom. The summed E-state index contributed by atoms with van der Waals surface area (Å²) in [4.78, 5) is 15.5. The van der Waals surface area contributed by atoms with E-state index in [4.69, 9.17) is 18.0 Å². The van der Waals surface area contributed by atoms with Crippen LogP contribution in [-0.2, 0) is 4.79 Å². The van der Waals surface area contributed by atoms with Crippen LogP contribution < -0.4 is 11.1 Å². The Kier molecular flexibility index (Phi) is 5.38. The number of nitrogens with zero attached hydrogens (tertiary/aromatic N) is 1. The van der Waals surface area contributed by atoms with Crippen molar-refractivity contribution in [3.63, 3.8) is 0 Å². The molecule has 3 N–H and O–H groups in total. The van der Waals surface area contributed by atoms with Crippen molar-refractivity contribution < 1.29 is 4.79 Å². The normalized spacial score (nSPS) is 23.6. The van der Waals surface area contributed by atoms with Crippen LogP contribution in [0.1, 0.15) is 51.9 Å². The second kappa shape index (κ2) is 6.85. The van der Waals surface area contributed by atoms with Crippen LogP contribution in [0.15, 0.2) is 0 Å². The highest BCUT2D eigenvalue weighted by Crippen LogP contribution is 2.39. The van der Waals surface area contributed by atoms with Gasteiger partial charge in [-0.25, -0.2) is 0 Å². The number of amides is 1. The van der Waals surface area contributed by atoms with Crippen LogP contribution >= 0.6 is 12.2 Å². The molecule has 5 heteroatoms. The predicted molar refractivity (Wildman–Crippen MR) is 85.6 cm³/mol. The number of rotatable bonds is 5. The van der Waals surface area contributed by atoms with Gasteiger partial charge in [0.25, 0.3) is 0 Å². The minimum Gasteiger partial charge on any atom is -0.392 e. The van der Waals surface area contributed by atoms with E-state index in [-0.39, 0.29) is 5.91 Å². The number of carbonyl (C=O) groups is 1. The Morgan fingerprint density at radius 3 is 2.45 bits per heavy atom. The van der Waals surface area contributed by atoms with E-state index in [0.717, 1.165) is 58.2 Å². The van der Waals surface area contributed by atoms with E-state index < -0.39 is 5.41 Å². The average Bonchev–Trinajstić information content (AvgIpc) is 2.92. The van der Waals surface area contributed by atoms with Crippen LogP contribution in [0.3, 0.4) is 0 Å². The highest BCUT2D eigenvalue weighted by molar-refractivity contribution is 7.80. The molecule has 2 fully saturated rings. The Bertz CT molecular complexity index is 358. The molecule has 0 bridgehead atoms. The summed E-state index contributed by atoms with van der Waals surface area (Å²) in [5, 5.41) is 3.21. The van der Waals surface area contributed by atoms with Gasteiger partial charge < -0.3 is 16.0 Å². The molecule has 0 aromatic rings. The summed E-state index contributed by atoms with van der Waals surface area (Å²) < 4.78 is 0. The topological polar surface area (TPSA) is 58.4 Å². The number of carbonyl (C=O) groups excluding carboxylic acids is 1. The van der Waals surface area contributed by atoms with Gasteiger partial charge in [-0.2, -0.15) is 0 Å². The second-order valence-corrected chi connectivity index (χ2v) is 6.68. The van der Waals surface area contributed by atoms with Gasteiger partial charge in [-0.3, -0.25) is 4.79 Å². The zero-order valence-electron chi connectivity index (χ0n) is 12.5. The summed E-state index contributed by atoms with van der Waals surface area (Å²) >= 11 is 5.17. The lowest BCUT2D eigenvalue weighted by Gasteiger charge is -2.34. The van der Waals surface area contributed by atoms with Gasteiger partial charge in [-0.15, -0.1) is 0 Å². The van der Waals surface area contributed by atoms with Gasteiger partial charge in [0.05, 0.1) is 10.4 Å². The number of hydrogen-bond donors (Lipinski definition) is 2. The van der Waals surface area contributed by atoms with E-state index in [0.29, 0.717) is 11.0 Å². The molecule has 20 heavy (non-hydrogen) atoms. The average molecular weight is 297 g/mol. The maximum atomic E-state index is 12.6. The third-order valence-corrected chi connectivity index (χ3v) is 5.22. The van der Waals surface area contributed by atoms with Crippen LogP contribution in [-0.4, -0.2) is 41.5 Å². The molecule has 0 aromatic carbocycles. The standard InChI is InChI=1S/C15H27N3OS/c1-2-9-18-10-5-12(6-11-18)17-14(19)15(13(16)20)7-3-4-8-15/h12H,2-11H2,1H3,(H2,16,20)(H,17,19). The monoisotopic (exact) mass is 297 g/mol. The third-order valence-electron chi connectivity index (χ3n) is 4.83. The molecular weight excluding hydrogens is 270 g/mol. The number of nitrogens with two attached hydrogens (primary N) is 1. The first-order valence-electron chi connectivity index (χ1n) is 7.91. The molecule has 2 aliphatic rings. The Labute approximate surface area is 127 Å². The zero-order valence-corrected chi connectivity index (χ0v) is 13.3. The van der Waals surface area contributed by atoms with E-state index >= 15 is 0 Å². The molecule has 1 saturated heterocycles. The van der Waals surface area contributed by atoms with Crippen LogP contribution in [0, 0.1) is 5.41 Å². The molecule has 1 aliphatic carbocycles. The van der Waals surface area contributed by atoms with Gasteiger partial charge in [-0.05, 0) is 38.6 Å². The van der Waals surface area contributed by atoms with Crippen molar-refractivity contribution in [2.45, 2.75) is 57.9 Å². The highest BCUT2D eigenvalue weighted by Gasteiger charge is 2.44. The lowest BCUT2D eigenvalue weighted by Crippen LogP contribution is -2.52. The summed E-state index contributed by atoms with van der Waals surface area (Å²) in [7, 11) is 0. The predicted octanol–water partition coefficient (Wildman–Crippen LogP) is 1.82. The molecule has 114 valence electrons. The van der Waals surface area contributed by atoms with E-state index in [2.05, 4.69) is 17.1 Å². The molecule has 0 atom stereocenters. The van der Waals surface area contributed by atoms with Crippen molar-refractivity contribution in [2.75, 3.05) is 19.6 Å². The van der Waals surface area contributed by atoms with Crippen molar-refractivity contribution in [2.24, 2.45) is 11.1 Å². The van der Waals surface area contributed by atoms with Crippen LogP contribution in [0.4, 0.5) is 0 Å². The summed E-state index contributed by atoms with van der Waals surface area (Å²) in [5.41, 5.74) is 5.30. The van der Waals surface area contributed by atoms with Gasteiger partial charge in [0, 0.05) is 19.1 Å². The van der Waals surface area contributed by atoms with E-state index in [1.54, 1.807) is 0 Å². The van der Waals surface area contributed by atoms with Crippen molar-refractivity contribution in [1.82, 2.24) is 10.2 Å². The summed E-state index contributed by atoms with van der Waals surface area (Å²) in [6, 6.07) is 0.294. The minimum absolute atomic E-state index is 0.0800. The summed E-state index contributed by atoms with van der Waals surface area (Å²) in [6.45, 7) is 5.54. The quantitative estimate of drug-likeness (QED) is 0.760. The van der Waals surface area contributed by atoms with Crippen molar-refractivity contribution in [3.8, 4) is 0 Å². The molecule has 1 saturated carbocycles. The van der Waals surface area contributed by atoms with E-state index in [1.165, 1.54) is 6.42 Å². The fourth-order valence-corrected chi connectivity index (χ4v) is 3.80. The Balaban J connectivity index is 1.87. The molecule has 4 nitrogen and oxygen atoms in total. The van der Waals surface area contributed by atoms with Crippen molar-refractivity contribution in [1.29, 1.82) is 0 Å². The molecule has 0 spiro atoms. The largest absolute Gasteiger partial charge is 0.392 e. The molecule has 1 heterocycles. The zero-order chi connectivity index (χ0) is 14.6. The summed E-state index contributed by atoms with van der Waals surface area (Å²) in [5.74, 6) is 0.0800.